The molecule has 1 aromatic carbocycles. The van der Waals surface area contributed by atoms with Crippen molar-refractivity contribution in [2.24, 2.45) is 0 Å². The number of rotatable bonds is 3. The summed E-state index contributed by atoms with van der Waals surface area (Å²) in [5.74, 6) is 0. The fraction of sp³-hybridized carbons (Fsp3) is 0.333. The van der Waals surface area contributed by atoms with Gasteiger partial charge < -0.3 is 0 Å². The molecule has 0 aromatic heterocycles. The van der Waals surface area contributed by atoms with Crippen molar-refractivity contribution in [1.82, 2.24) is 0 Å². The van der Waals surface area contributed by atoms with E-state index in [1.807, 2.05) is 26.8 Å². The lowest BCUT2D eigenvalue weighted by Crippen LogP contribution is -1.99. The molecule has 0 unspecified atom stereocenters. The molecule has 0 aliphatic rings. The molecule has 1 rings (SSSR count). The summed E-state index contributed by atoms with van der Waals surface area (Å²) in [6.45, 7) is 5.83. The van der Waals surface area contributed by atoms with Gasteiger partial charge in [0.15, 0.2) is 0 Å². The SMILES string of the molecule is CC(C)=C(CBr)c1c(C)cccc1[N+](=O)[O-]. The van der Waals surface area contributed by atoms with Crippen molar-refractivity contribution < 1.29 is 4.92 Å². The van der Waals surface area contributed by atoms with Crippen LogP contribution in [0.1, 0.15) is 25.0 Å². The van der Waals surface area contributed by atoms with E-state index in [1.54, 1.807) is 12.1 Å². The average molecular weight is 284 g/mol. The van der Waals surface area contributed by atoms with Crippen molar-refractivity contribution in [3.05, 3.63) is 45.0 Å². The van der Waals surface area contributed by atoms with Gasteiger partial charge in [0.25, 0.3) is 5.69 Å². The standard InChI is InChI=1S/C12H14BrNO2/c1-8(2)10(7-13)12-9(3)5-4-6-11(12)14(15)16/h4-6H,7H2,1-3H3. The quantitative estimate of drug-likeness (QED) is 0.476. The molecule has 0 heterocycles. The minimum Gasteiger partial charge on any atom is -0.258 e. The van der Waals surface area contributed by atoms with Gasteiger partial charge in [0, 0.05) is 11.4 Å². The molecule has 4 heteroatoms. The van der Waals surface area contributed by atoms with Crippen LogP contribution in [0.25, 0.3) is 5.57 Å². The smallest absolute Gasteiger partial charge is 0.258 e. The number of aryl methyl sites for hydroxylation is 1. The molecule has 86 valence electrons. The number of allylic oxidation sites excluding steroid dienone is 2. The zero-order valence-corrected chi connectivity index (χ0v) is 11.2. The molecule has 0 aliphatic carbocycles. The normalized spacial score (nSPS) is 10.0. The summed E-state index contributed by atoms with van der Waals surface area (Å²) in [5.41, 5.74) is 3.93. The average Bonchev–Trinajstić information content (AvgIpc) is 2.20. The van der Waals surface area contributed by atoms with E-state index in [9.17, 15) is 10.1 Å². The van der Waals surface area contributed by atoms with Crippen LogP contribution in [0.4, 0.5) is 5.69 Å². The summed E-state index contributed by atoms with van der Waals surface area (Å²) in [6.07, 6.45) is 0. The Hall–Kier alpha value is -1.16. The minimum absolute atomic E-state index is 0.177. The van der Waals surface area contributed by atoms with Crippen molar-refractivity contribution in [2.75, 3.05) is 5.33 Å². The predicted octanol–water partition coefficient (Wildman–Crippen LogP) is 4.09. The Kier molecular flexibility index (Phi) is 4.24. The second-order valence-electron chi connectivity index (χ2n) is 3.84. The maximum atomic E-state index is 11.0. The molecule has 0 aliphatic heterocycles. The number of nitro groups is 1. The summed E-state index contributed by atoms with van der Waals surface area (Å²) in [6, 6.07) is 5.16. The van der Waals surface area contributed by atoms with Crippen LogP contribution in [0.15, 0.2) is 23.8 Å². The van der Waals surface area contributed by atoms with E-state index in [-0.39, 0.29) is 10.6 Å². The highest BCUT2D eigenvalue weighted by atomic mass is 79.9. The molecule has 0 saturated carbocycles. The number of hydrogen-bond donors (Lipinski definition) is 0. The van der Waals surface area contributed by atoms with Crippen molar-refractivity contribution in [3.63, 3.8) is 0 Å². The van der Waals surface area contributed by atoms with Crippen LogP contribution in [-0.2, 0) is 0 Å². The fourth-order valence-electron chi connectivity index (χ4n) is 1.65. The molecule has 16 heavy (non-hydrogen) atoms. The lowest BCUT2D eigenvalue weighted by Gasteiger charge is -2.10. The van der Waals surface area contributed by atoms with E-state index in [0.29, 0.717) is 5.33 Å². The number of alkyl halides is 1. The molecule has 0 bridgehead atoms. The Morgan fingerprint density at radius 3 is 2.50 bits per heavy atom. The molecule has 3 nitrogen and oxygen atoms in total. The Labute approximate surface area is 103 Å². The predicted molar refractivity (Wildman–Crippen MR) is 69.9 cm³/mol. The van der Waals surface area contributed by atoms with Crippen molar-refractivity contribution in [3.8, 4) is 0 Å². The van der Waals surface area contributed by atoms with Gasteiger partial charge in [-0.2, -0.15) is 0 Å². The molecule has 0 N–H and O–H groups in total. The number of nitro benzene ring substituents is 1. The topological polar surface area (TPSA) is 43.1 Å². The van der Waals surface area contributed by atoms with Gasteiger partial charge >= 0.3 is 0 Å². The van der Waals surface area contributed by atoms with Gasteiger partial charge in [-0.05, 0) is 31.9 Å². The first-order valence-corrected chi connectivity index (χ1v) is 6.08. The first-order chi connectivity index (χ1) is 7.49. The lowest BCUT2D eigenvalue weighted by molar-refractivity contribution is -0.385. The van der Waals surface area contributed by atoms with E-state index in [2.05, 4.69) is 15.9 Å². The summed E-state index contributed by atoms with van der Waals surface area (Å²) in [5, 5.41) is 11.6. The van der Waals surface area contributed by atoms with Crippen LogP contribution >= 0.6 is 15.9 Å². The van der Waals surface area contributed by atoms with Crippen LogP contribution in [0.3, 0.4) is 0 Å². The van der Waals surface area contributed by atoms with Crippen LogP contribution in [0.2, 0.25) is 0 Å². The highest BCUT2D eigenvalue weighted by Gasteiger charge is 2.18. The highest BCUT2D eigenvalue weighted by Crippen LogP contribution is 2.32. The van der Waals surface area contributed by atoms with Crippen LogP contribution in [0, 0.1) is 17.0 Å². The van der Waals surface area contributed by atoms with Crippen molar-refractivity contribution >= 4 is 27.2 Å². The molecule has 1 aromatic rings. The van der Waals surface area contributed by atoms with Crippen molar-refractivity contribution in [1.29, 1.82) is 0 Å². The molecular weight excluding hydrogens is 270 g/mol. The van der Waals surface area contributed by atoms with E-state index in [0.717, 1.165) is 22.3 Å². The molecule has 0 amide bonds. The third-order valence-electron chi connectivity index (χ3n) is 2.49. The minimum atomic E-state index is -0.325. The number of hydrogen-bond acceptors (Lipinski definition) is 2. The van der Waals surface area contributed by atoms with Gasteiger partial charge in [-0.3, -0.25) is 10.1 Å². The Balaban J connectivity index is 3.53. The first-order valence-electron chi connectivity index (χ1n) is 4.95. The van der Waals surface area contributed by atoms with Gasteiger partial charge in [0.2, 0.25) is 0 Å². The number of nitrogens with zero attached hydrogens (tertiary/aromatic N) is 1. The summed E-state index contributed by atoms with van der Waals surface area (Å²) < 4.78 is 0. The fourth-order valence-corrected chi connectivity index (χ4v) is 2.49. The second-order valence-corrected chi connectivity index (χ2v) is 4.40. The highest BCUT2D eigenvalue weighted by molar-refractivity contribution is 9.09. The molecule has 0 saturated heterocycles. The summed E-state index contributed by atoms with van der Waals surface area (Å²) in [7, 11) is 0. The summed E-state index contributed by atoms with van der Waals surface area (Å²) in [4.78, 5) is 10.7. The maximum absolute atomic E-state index is 11.0. The third-order valence-corrected chi connectivity index (χ3v) is 3.05. The largest absolute Gasteiger partial charge is 0.277 e. The van der Waals surface area contributed by atoms with Gasteiger partial charge in [0.1, 0.15) is 0 Å². The van der Waals surface area contributed by atoms with Crippen LogP contribution in [-0.4, -0.2) is 10.3 Å². The van der Waals surface area contributed by atoms with E-state index in [1.165, 1.54) is 0 Å². The number of halogens is 1. The first kappa shape index (κ1) is 12.9. The molecular formula is C12H14BrNO2. The number of benzene rings is 1. The van der Waals surface area contributed by atoms with Crippen LogP contribution in [0.5, 0.6) is 0 Å². The Morgan fingerprint density at radius 1 is 1.44 bits per heavy atom. The zero-order chi connectivity index (χ0) is 12.3. The van der Waals surface area contributed by atoms with Gasteiger partial charge in [-0.15, -0.1) is 0 Å². The second kappa shape index (κ2) is 5.25. The zero-order valence-electron chi connectivity index (χ0n) is 9.58. The van der Waals surface area contributed by atoms with E-state index >= 15 is 0 Å². The molecule has 0 radical (unpaired) electrons. The third kappa shape index (κ3) is 2.50. The molecule has 0 atom stereocenters. The maximum Gasteiger partial charge on any atom is 0.277 e. The van der Waals surface area contributed by atoms with Gasteiger partial charge in [-0.1, -0.05) is 33.6 Å². The Bertz CT molecular complexity index is 448. The van der Waals surface area contributed by atoms with Crippen LogP contribution < -0.4 is 0 Å². The van der Waals surface area contributed by atoms with Gasteiger partial charge in [-0.25, -0.2) is 0 Å². The Morgan fingerprint density at radius 2 is 2.06 bits per heavy atom. The lowest BCUT2D eigenvalue weighted by atomic mass is 9.97. The van der Waals surface area contributed by atoms with E-state index in [4.69, 9.17) is 0 Å². The summed E-state index contributed by atoms with van der Waals surface area (Å²) >= 11 is 3.39. The van der Waals surface area contributed by atoms with Crippen molar-refractivity contribution in [2.45, 2.75) is 20.8 Å². The van der Waals surface area contributed by atoms with E-state index < -0.39 is 0 Å². The monoisotopic (exact) mass is 283 g/mol. The molecule has 0 spiro atoms. The molecule has 0 fully saturated rings. The van der Waals surface area contributed by atoms with Gasteiger partial charge in [0.05, 0.1) is 10.5 Å².